The topological polar surface area (TPSA) is 87.1 Å². The number of hydrogen-bond acceptors (Lipinski definition) is 5. The Hall–Kier alpha value is -1.86. The fourth-order valence-electron chi connectivity index (χ4n) is 2.80. The summed E-state index contributed by atoms with van der Waals surface area (Å²) >= 11 is 1.35. The standard InChI is InChI=1S/C15H17NO5S/c1-15(2,3)11-9(14(19)20)16-12(18)8(13(16)21-11)10(17)7-5-4-6-22-7/h4-6,8,10,13,17H,1-3H3,(H,19,20)/t8-,10-,13+/m0/s1. The fraction of sp³-hybridized carbons (Fsp3) is 0.467. The van der Waals surface area contributed by atoms with Gasteiger partial charge in [-0.3, -0.25) is 9.69 Å². The molecule has 0 radical (unpaired) electrons. The molecule has 6 nitrogen and oxygen atoms in total. The summed E-state index contributed by atoms with van der Waals surface area (Å²) in [5.74, 6) is -2.10. The average molecular weight is 323 g/mol. The highest BCUT2D eigenvalue weighted by atomic mass is 32.1. The predicted molar refractivity (Wildman–Crippen MR) is 78.6 cm³/mol. The van der Waals surface area contributed by atoms with E-state index in [4.69, 9.17) is 4.74 Å². The summed E-state index contributed by atoms with van der Waals surface area (Å²) in [6, 6.07) is 3.54. The summed E-state index contributed by atoms with van der Waals surface area (Å²) in [4.78, 5) is 25.7. The Morgan fingerprint density at radius 2 is 2.14 bits per heavy atom. The van der Waals surface area contributed by atoms with Crippen LogP contribution in [0.4, 0.5) is 0 Å². The van der Waals surface area contributed by atoms with Crippen molar-refractivity contribution in [3.8, 4) is 0 Å². The van der Waals surface area contributed by atoms with Crippen LogP contribution in [0.1, 0.15) is 31.8 Å². The molecule has 22 heavy (non-hydrogen) atoms. The molecule has 0 aromatic carbocycles. The van der Waals surface area contributed by atoms with Gasteiger partial charge in [0.1, 0.15) is 17.8 Å². The molecule has 1 saturated heterocycles. The number of rotatable bonds is 3. The smallest absolute Gasteiger partial charge is 0.356 e. The maximum absolute atomic E-state index is 12.4. The quantitative estimate of drug-likeness (QED) is 0.830. The molecule has 3 atom stereocenters. The Labute approximate surface area is 131 Å². The molecule has 2 aliphatic rings. The van der Waals surface area contributed by atoms with Gasteiger partial charge in [-0.15, -0.1) is 11.3 Å². The highest BCUT2D eigenvalue weighted by Gasteiger charge is 2.61. The molecule has 3 rings (SSSR count). The van der Waals surface area contributed by atoms with Crippen LogP contribution >= 0.6 is 11.3 Å². The fourth-order valence-corrected chi connectivity index (χ4v) is 3.55. The van der Waals surface area contributed by atoms with E-state index in [1.165, 1.54) is 11.3 Å². The number of allylic oxidation sites excluding steroid dienone is 1. The maximum Gasteiger partial charge on any atom is 0.356 e. The minimum atomic E-state index is -1.19. The highest BCUT2D eigenvalue weighted by Crippen LogP contribution is 2.49. The van der Waals surface area contributed by atoms with Crippen LogP contribution in [0.25, 0.3) is 0 Å². The van der Waals surface area contributed by atoms with Crippen molar-refractivity contribution >= 4 is 23.2 Å². The number of aliphatic hydroxyl groups is 1. The predicted octanol–water partition coefficient (Wildman–Crippen LogP) is 1.94. The van der Waals surface area contributed by atoms with Crippen LogP contribution in [-0.4, -0.2) is 33.2 Å². The van der Waals surface area contributed by atoms with Crippen LogP contribution in [0.3, 0.4) is 0 Å². The molecule has 118 valence electrons. The lowest BCUT2D eigenvalue weighted by Gasteiger charge is -2.42. The third-order valence-electron chi connectivity index (χ3n) is 3.84. The third-order valence-corrected chi connectivity index (χ3v) is 4.78. The summed E-state index contributed by atoms with van der Waals surface area (Å²) < 4.78 is 5.75. The molecule has 0 spiro atoms. The Balaban J connectivity index is 1.92. The summed E-state index contributed by atoms with van der Waals surface area (Å²) in [5, 5.41) is 21.6. The molecule has 1 fully saturated rings. The van der Waals surface area contributed by atoms with E-state index in [2.05, 4.69) is 0 Å². The SMILES string of the molecule is CC(C)(C)C1=C(C(=O)O)N2C(=O)[C@H]([C@@H](O)c3cccs3)[C@H]2O1. The number of aliphatic carboxylic acids is 1. The zero-order valence-electron chi connectivity index (χ0n) is 12.4. The number of hydrogen-bond donors (Lipinski definition) is 2. The molecule has 0 aliphatic carbocycles. The van der Waals surface area contributed by atoms with Crippen LogP contribution in [0.5, 0.6) is 0 Å². The van der Waals surface area contributed by atoms with Crippen molar-refractivity contribution in [3.63, 3.8) is 0 Å². The average Bonchev–Trinajstić information content (AvgIpc) is 3.02. The minimum absolute atomic E-state index is 0.114. The van der Waals surface area contributed by atoms with Gasteiger partial charge in [-0.2, -0.15) is 0 Å². The lowest BCUT2D eigenvalue weighted by molar-refractivity contribution is -0.184. The van der Waals surface area contributed by atoms with E-state index in [0.717, 1.165) is 4.90 Å². The van der Waals surface area contributed by atoms with E-state index in [-0.39, 0.29) is 11.5 Å². The second-order valence-corrected chi connectivity index (χ2v) is 7.41. The number of carboxylic acid groups (broad SMARTS) is 1. The maximum atomic E-state index is 12.4. The number of β-lactam (4-membered cyclic amide) rings is 1. The van der Waals surface area contributed by atoms with Crippen molar-refractivity contribution in [3.05, 3.63) is 33.8 Å². The molecule has 2 aliphatic heterocycles. The van der Waals surface area contributed by atoms with Crippen molar-refractivity contribution in [2.45, 2.75) is 33.1 Å². The van der Waals surface area contributed by atoms with Crippen molar-refractivity contribution in [1.82, 2.24) is 4.90 Å². The number of carbonyl (C=O) groups excluding carboxylic acids is 1. The number of amides is 1. The van der Waals surface area contributed by atoms with E-state index in [1.807, 2.05) is 26.2 Å². The van der Waals surface area contributed by atoms with Crippen LogP contribution in [0, 0.1) is 11.3 Å². The molecular formula is C15H17NO5S. The lowest BCUT2D eigenvalue weighted by atomic mass is 9.88. The Kier molecular flexibility index (Phi) is 3.30. The van der Waals surface area contributed by atoms with Gasteiger partial charge in [-0.25, -0.2) is 4.79 Å². The summed E-state index contributed by atoms with van der Waals surface area (Å²) in [6.45, 7) is 5.48. The molecule has 2 N–H and O–H groups in total. The molecule has 7 heteroatoms. The van der Waals surface area contributed by atoms with Gasteiger partial charge in [0.2, 0.25) is 5.91 Å². The Morgan fingerprint density at radius 3 is 2.64 bits per heavy atom. The number of ether oxygens (including phenoxy) is 1. The molecule has 0 saturated carbocycles. The molecular weight excluding hydrogens is 306 g/mol. The Morgan fingerprint density at radius 1 is 1.45 bits per heavy atom. The largest absolute Gasteiger partial charge is 0.476 e. The zero-order chi connectivity index (χ0) is 16.2. The molecule has 0 bridgehead atoms. The van der Waals surface area contributed by atoms with Gasteiger partial charge in [0.15, 0.2) is 11.9 Å². The minimum Gasteiger partial charge on any atom is -0.476 e. The number of carbonyl (C=O) groups is 2. The third kappa shape index (κ3) is 2.04. The van der Waals surface area contributed by atoms with Gasteiger partial charge >= 0.3 is 5.97 Å². The van der Waals surface area contributed by atoms with E-state index in [1.54, 1.807) is 12.1 Å². The second-order valence-electron chi connectivity index (χ2n) is 6.44. The van der Waals surface area contributed by atoms with Gasteiger partial charge in [-0.1, -0.05) is 26.8 Å². The van der Waals surface area contributed by atoms with Crippen LogP contribution in [-0.2, 0) is 14.3 Å². The van der Waals surface area contributed by atoms with Gasteiger partial charge < -0.3 is 14.9 Å². The van der Waals surface area contributed by atoms with E-state index in [0.29, 0.717) is 4.88 Å². The first kappa shape index (κ1) is 15.1. The van der Waals surface area contributed by atoms with Gasteiger partial charge in [0, 0.05) is 10.3 Å². The number of aliphatic hydroxyl groups excluding tert-OH is 1. The van der Waals surface area contributed by atoms with Crippen molar-refractivity contribution < 1.29 is 24.5 Å². The van der Waals surface area contributed by atoms with Crippen molar-refractivity contribution in [2.24, 2.45) is 11.3 Å². The summed E-state index contributed by atoms with van der Waals surface area (Å²) in [7, 11) is 0. The number of carboxylic acids is 1. The van der Waals surface area contributed by atoms with E-state index in [9.17, 15) is 19.8 Å². The Bertz CT molecular complexity index is 658. The van der Waals surface area contributed by atoms with E-state index >= 15 is 0 Å². The second kappa shape index (κ2) is 4.82. The first-order chi connectivity index (χ1) is 10.2. The van der Waals surface area contributed by atoms with Gasteiger partial charge in [0.05, 0.1) is 0 Å². The van der Waals surface area contributed by atoms with Crippen LogP contribution < -0.4 is 0 Å². The van der Waals surface area contributed by atoms with Gasteiger partial charge in [-0.05, 0) is 11.4 Å². The molecule has 1 aromatic rings. The number of fused-ring (bicyclic) bond motifs is 1. The summed E-state index contributed by atoms with van der Waals surface area (Å²) in [6.07, 6.45) is -1.73. The van der Waals surface area contributed by atoms with Gasteiger partial charge in [0.25, 0.3) is 0 Å². The molecule has 0 unspecified atom stereocenters. The molecule has 3 heterocycles. The normalized spacial score (nSPS) is 25.6. The lowest BCUT2D eigenvalue weighted by Crippen LogP contribution is -2.60. The van der Waals surface area contributed by atoms with E-state index < -0.39 is 35.5 Å². The van der Waals surface area contributed by atoms with Crippen molar-refractivity contribution in [1.29, 1.82) is 0 Å². The molecule has 1 aromatic heterocycles. The summed E-state index contributed by atoms with van der Waals surface area (Å²) in [5.41, 5.74) is -0.652. The van der Waals surface area contributed by atoms with Crippen LogP contribution in [0.15, 0.2) is 29.0 Å². The monoisotopic (exact) mass is 323 g/mol. The zero-order valence-corrected chi connectivity index (χ0v) is 13.3. The number of nitrogens with zero attached hydrogens (tertiary/aromatic N) is 1. The molecule has 1 amide bonds. The number of thiophene rings is 1. The first-order valence-electron chi connectivity index (χ1n) is 6.92. The highest BCUT2D eigenvalue weighted by molar-refractivity contribution is 7.10. The first-order valence-corrected chi connectivity index (χ1v) is 7.80. The van der Waals surface area contributed by atoms with Crippen LogP contribution in [0.2, 0.25) is 0 Å². The van der Waals surface area contributed by atoms with Crippen molar-refractivity contribution in [2.75, 3.05) is 0 Å².